The molecule has 2 aromatic rings. The average molecular weight is 227 g/mol. The molecular formula is C9H4ClFN2O2. The SMILES string of the molecule is O=[N+]([O-])c1c(Cl)nc2ccccc2c1F. The predicted molar refractivity (Wildman–Crippen MR) is 53.4 cm³/mol. The number of nitrogens with zero attached hydrogens (tertiary/aromatic N) is 2. The normalized spacial score (nSPS) is 10.5. The topological polar surface area (TPSA) is 56.0 Å². The molecule has 0 unspecified atom stereocenters. The van der Waals surface area contributed by atoms with Crippen LogP contribution in [0.25, 0.3) is 10.9 Å². The molecule has 0 saturated carbocycles. The molecule has 0 spiro atoms. The molecule has 4 nitrogen and oxygen atoms in total. The summed E-state index contributed by atoms with van der Waals surface area (Å²) in [7, 11) is 0. The number of para-hydroxylation sites is 1. The van der Waals surface area contributed by atoms with E-state index in [1.165, 1.54) is 12.1 Å². The van der Waals surface area contributed by atoms with E-state index < -0.39 is 21.6 Å². The van der Waals surface area contributed by atoms with Crippen LogP contribution < -0.4 is 0 Å². The van der Waals surface area contributed by atoms with E-state index in [1.54, 1.807) is 12.1 Å². The summed E-state index contributed by atoms with van der Waals surface area (Å²) in [6.07, 6.45) is 0. The van der Waals surface area contributed by atoms with Crippen molar-refractivity contribution in [2.75, 3.05) is 0 Å². The summed E-state index contributed by atoms with van der Waals surface area (Å²) in [5.74, 6) is -0.949. The Hall–Kier alpha value is -1.75. The summed E-state index contributed by atoms with van der Waals surface area (Å²) in [4.78, 5) is 13.4. The molecule has 0 amide bonds. The molecule has 0 bridgehead atoms. The van der Waals surface area contributed by atoms with Gasteiger partial charge in [0.25, 0.3) is 0 Å². The van der Waals surface area contributed by atoms with Crippen LogP contribution in [0, 0.1) is 15.9 Å². The van der Waals surface area contributed by atoms with E-state index in [9.17, 15) is 14.5 Å². The van der Waals surface area contributed by atoms with Gasteiger partial charge >= 0.3 is 5.69 Å². The van der Waals surface area contributed by atoms with Crippen molar-refractivity contribution in [3.63, 3.8) is 0 Å². The minimum atomic E-state index is -0.949. The maximum absolute atomic E-state index is 13.6. The highest BCUT2D eigenvalue weighted by Crippen LogP contribution is 2.30. The Morgan fingerprint density at radius 2 is 2.07 bits per heavy atom. The van der Waals surface area contributed by atoms with Crippen LogP contribution in [-0.2, 0) is 0 Å². The molecule has 1 aromatic heterocycles. The van der Waals surface area contributed by atoms with E-state index in [2.05, 4.69) is 4.98 Å². The van der Waals surface area contributed by atoms with Gasteiger partial charge in [-0.15, -0.1) is 0 Å². The molecule has 2 rings (SSSR count). The summed E-state index contributed by atoms with van der Waals surface area (Å²) >= 11 is 5.51. The predicted octanol–water partition coefficient (Wildman–Crippen LogP) is 2.94. The number of halogens is 2. The van der Waals surface area contributed by atoms with Gasteiger partial charge in [0.2, 0.25) is 11.0 Å². The lowest BCUT2D eigenvalue weighted by atomic mass is 10.2. The van der Waals surface area contributed by atoms with Gasteiger partial charge in [0.1, 0.15) is 0 Å². The lowest BCUT2D eigenvalue weighted by Gasteiger charge is -2.00. The second kappa shape index (κ2) is 3.43. The molecule has 6 heteroatoms. The minimum absolute atomic E-state index is 0.0913. The van der Waals surface area contributed by atoms with Crippen LogP contribution in [0.5, 0.6) is 0 Å². The van der Waals surface area contributed by atoms with Gasteiger partial charge in [0.15, 0.2) is 0 Å². The van der Waals surface area contributed by atoms with E-state index in [4.69, 9.17) is 11.6 Å². The molecule has 0 radical (unpaired) electrons. The molecule has 1 heterocycles. The Labute approximate surface area is 88.5 Å². The number of nitro groups is 1. The van der Waals surface area contributed by atoms with Crippen LogP contribution in [0.4, 0.5) is 10.1 Å². The molecule has 0 N–H and O–H groups in total. The van der Waals surface area contributed by atoms with Crippen LogP contribution >= 0.6 is 11.6 Å². The minimum Gasteiger partial charge on any atom is -0.258 e. The maximum Gasteiger partial charge on any atom is 0.342 e. The fourth-order valence-corrected chi connectivity index (χ4v) is 1.53. The number of fused-ring (bicyclic) bond motifs is 1. The van der Waals surface area contributed by atoms with Crippen molar-refractivity contribution in [1.29, 1.82) is 0 Å². The number of hydrogen-bond acceptors (Lipinski definition) is 3. The molecule has 0 atom stereocenters. The summed E-state index contributed by atoms with van der Waals surface area (Å²) in [6.45, 7) is 0. The fourth-order valence-electron chi connectivity index (χ4n) is 1.29. The van der Waals surface area contributed by atoms with Crippen LogP contribution in [0.2, 0.25) is 5.15 Å². The molecule has 0 aliphatic rings. The van der Waals surface area contributed by atoms with E-state index in [-0.39, 0.29) is 5.39 Å². The van der Waals surface area contributed by atoms with Crippen molar-refractivity contribution in [1.82, 2.24) is 4.98 Å². The fraction of sp³-hybridized carbons (Fsp3) is 0. The van der Waals surface area contributed by atoms with E-state index >= 15 is 0 Å². The highest BCUT2D eigenvalue weighted by molar-refractivity contribution is 6.32. The van der Waals surface area contributed by atoms with Crippen molar-refractivity contribution >= 4 is 28.2 Å². The third-order valence-electron chi connectivity index (χ3n) is 1.95. The lowest BCUT2D eigenvalue weighted by molar-refractivity contribution is -0.387. The first-order valence-corrected chi connectivity index (χ1v) is 4.37. The molecule has 0 aliphatic heterocycles. The van der Waals surface area contributed by atoms with Gasteiger partial charge in [-0.1, -0.05) is 23.7 Å². The van der Waals surface area contributed by atoms with Crippen molar-refractivity contribution in [3.8, 4) is 0 Å². The van der Waals surface area contributed by atoms with Gasteiger partial charge in [-0.25, -0.2) is 4.98 Å². The Bertz CT molecular complexity index is 559. The Kier molecular flexibility index (Phi) is 2.24. The zero-order chi connectivity index (χ0) is 11.0. The summed E-state index contributed by atoms with van der Waals surface area (Å²) in [5.41, 5.74) is -0.485. The molecule has 76 valence electrons. The summed E-state index contributed by atoms with van der Waals surface area (Å²) in [5, 5.41) is 10.2. The molecule has 0 saturated heterocycles. The Morgan fingerprint density at radius 1 is 1.40 bits per heavy atom. The van der Waals surface area contributed by atoms with E-state index in [0.717, 1.165) is 0 Å². The van der Waals surface area contributed by atoms with E-state index in [1.807, 2.05) is 0 Å². The highest BCUT2D eigenvalue weighted by atomic mass is 35.5. The third kappa shape index (κ3) is 1.50. The number of pyridine rings is 1. The first-order valence-electron chi connectivity index (χ1n) is 3.99. The Balaban J connectivity index is 2.90. The van der Waals surface area contributed by atoms with Gasteiger partial charge in [-0.05, 0) is 12.1 Å². The zero-order valence-electron chi connectivity index (χ0n) is 7.28. The van der Waals surface area contributed by atoms with Crippen LogP contribution in [-0.4, -0.2) is 9.91 Å². The van der Waals surface area contributed by atoms with E-state index in [0.29, 0.717) is 5.52 Å². The Morgan fingerprint density at radius 3 is 2.73 bits per heavy atom. The molecule has 0 aliphatic carbocycles. The summed E-state index contributed by atoms with van der Waals surface area (Å²) < 4.78 is 13.6. The number of rotatable bonds is 1. The van der Waals surface area contributed by atoms with Crippen LogP contribution in [0.15, 0.2) is 24.3 Å². The molecule has 0 fully saturated rings. The number of benzene rings is 1. The standard InChI is InChI=1S/C9H4ClFN2O2/c10-9-8(13(14)15)7(11)5-3-1-2-4-6(5)12-9/h1-4H. The average Bonchev–Trinajstić information content (AvgIpc) is 2.17. The van der Waals surface area contributed by atoms with Gasteiger partial charge in [-0.3, -0.25) is 10.1 Å². The first kappa shape index (κ1) is 9.79. The van der Waals surface area contributed by atoms with Crippen molar-refractivity contribution in [3.05, 3.63) is 45.4 Å². The monoisotopic (exact) mass is 226 g/mol. The van der Waals surface area contributed by atoms with Gasteiger partial charge in [0.05, 0.1) is 10.4 Å². The molecule has 15 heavy (non-hydrogen) atoms. The summed E-state index contributed by atoms with van der Waals surface area (Å²) in [6, 6.07) is 6.18. The number of aromatic nitrogens is 1. The largest absolute Gasteiger partial charge is 0.342 e. The van der Waals surface area contributed by atoms with Gasteiger partial charge in [-0.2, -0.15) is 4.39 Å². The van der Waals surface area contributed by atoms with Crippen LogP contribution in [0.1, 0.15) is 0 Å². The van der Waals surface area contributed by atoms with Crippen molar-refractivity contribution in [2.24, 2.45) is 0 Å². The third-order valence-corrected chi connectivity index (χ3v) is 2.21. The maximum atomic E-state index is 13.6. The second-order valence-corrected chi connectivity index (χ2v) is 3.20. The zero-order valence-corrected chi connectivity index (χ0v) is 8.03. The first-order chi connectivity index (χ1) is 7.11. The molecule has 1 aromatic carbocycles. The van der Waals surface area contributed by atoms with Gasteiger partial charge < -0.3 is 0 Å². The van der Waals surface area contributed by atoms with Crippen LogP contribution in [0.3, 0.4) is 0 Å². The van der Waals surface area contributed by atoms with Crippen molar-refractivity contribution in [2.45, 2.75) is 0 Å². The second-order valence-electron chi connectivity index (χ2n) is 2.84. The molecular weight excluding hydrogens is 223 g/mol. The quantitative estimate of drug-likeness (QED) is 0.427. The van der Waals surface area contributed by atoms with Gasteiger partial charge in [0, 0.05) is 5.39 Å². The lowest BCUT2D eigenvalue weighted by Crippen LogP contribution is -1.97. The number of hydrogen-bond donors (Lipinski definition) is 0. The smallest absolute Gasteiger partial charge is 0.258 e. The van der Waals surface area contributed by atoms with Crippen molar-refractivity contribution < 1.29 is 9.31 Å². The highest BCUT2D eigenvalue weighted by Gasteiger charge is 2.23.